The summed E-state index contributed by atoms with van der Waals surface area (Å²) in [4.78, 5) is 38.1. The van der Waals surface area contributed by atoms with E-state index in [1.165, 1.54) is 4.90 Å². The number of aryl methyl sites for hydroxylation is 1. The molecule has 10 heteroatoms. The summed E-state index contributed by atoms with van der Waals surface area (Å²) >= 11 is 0. The third-order valence-electron chi connectivity index (χ3n) is 5.50. The lowest BCUT2D eigenvalue weighted by Crippen LogP contribution is -2.52. The average Bonchev–Trinajstić information content (AvgIpc) is 3.02. The van der Waals surface area contributed by atoms with Crippen LogP contribution < -0.4 is 15.5 Å². The van der Waals surface area contributed by atoms with Gasteiger partial charge in [0.2, 0.25) is 11.5 Å². The standard InChI is InChI=1S/C21H18F3N3O4/c22-12-8-15(23)14(16(24)9-12)10-25-19(29)21(31)5-6-27(20(21)30)13-2-3-17-11(7-13)1-4-18(28)26-17/h2-3,7-9,31H,1,4-6,10H2,(H,25,29)(H,26,28)/t21-/m0/s1. The molecule has 0 aliphatic carbocycles. The van der Waals surface area contributed by atoms with Gasteiger partial charge < -0.3 is 20.6 Å². The van der Waals surface area contributed by atoms with Gasteiger partial charge in [0.25, 0.3) is 11.8 Å². The maximum Gasteiger partial charge on any atom is 0.268 e. The van der Waals surface area contributed by atoms with Gasteiger partial charge in [-0.05, 0) is 30.2 Å². The van der Waals surface area contributed by atoms with Crippen LogP contribution in [0.2, 0.25) is 0 Å². The van der Waals surface area contributed by atoms with Crippen LogP contribution in [0.25, 0.3) is 0 Å². The van der Waals surface area contributed by atoms with E-state index < -0.39 is 47.0 Å². The number of nitrogens with one attached hydrogen (secondary N) is 2. The molecule has 1 saturated heterocycles. The van der Waals surface area contributed by atoms with E-state index in [4.69, 9.17) is 0 Å². The minimum Gasteiger partial charge on any atom is -0.372 e. The van der Waals surface area contributed by atoms with Crippen LogP contribution in [0.1, 0.15) is 24.0 Å². The number of benzene rings is 2. The van der Waals surface area contributed by atoms with E-state index >= 15 is 0 Å². The van der Waals surface area contributed by atoms with Crippen LogP contribution in [-0.2, 0) is 27.3 Å². The van der Waals surface area contributed by atoms with E-state index in [0.29, 0.717) is 36.3 Å². The number of hydrogen-bond acceptors (Lipinski definition) is 4. The lowest BCUT2D eigenvalue weighted by atomic mass is 10.0. The Kier molecular flexibility index (Phi) is 5.18. The first-order valence-electron chi connectivity index (χ1n) is 9.58. The number of nitrogens with zero attached hydrogens (tertiary/aromatic N) is 1. The number of carbonyl (C=O) groups excluding carboxylic acids is 3. The molecule has 3 N–H and O–H groups in total. The molecule has 31 heavy (non-hydrogen) atoms. The van der Waals surface area contributed by atoms with Gasteiger partial charge in [-0.1, -0.05) is 0 Å². The number of rotatable bonds is 4. The molecule has 0 bridgehead atoms. The van der Waals surface area contributed by atoms with Gasteiger partial charge in [-0.25, -0.2) is 13.2 Å². The highest BCUT2D eigenvalue weighted by molar-refractivity contribution is 6.16. The van der Waals surface area contributed by atoms with E-state index in [-0.39, 0.29) is 18.9 Å². The monoisotopic (exact) mass is 433 g/mol. The second kappa shape index (κ2) is 7.69. The van der Waals surface area contributed by atoms with Crippen LogP contribution in [0.5, 0.6) is 0 Å². The minimum absolute atomic E-state index is 0.0488. The second-order valence-corrected chi connectivity index (χ2v) is 7.49. The quantitative estimate of drug-likeness (QED) is 0.640. The van der Waals surface area contributed by atoms with Crippen molar-refractivity contribution < 1.29 is 32.7 Å². The van der Waals surface area contributed by atoms with Crippen molar-refractivity contribution in [1.29, 1.82) is 0 Å². The lowest BCUT2D eigenvalue weighted by Gasteiger charge is -2.24. The van der Waals surface area contributed by atoms with Crippen molar-refractivity contribution in [1.82, 2.24) is 5.32 Å². The number of fused-ring (bicyclic) bond motifs is 1. The molecule has 2 heterocycles. The Hall–Kier alpha value is -3.40. The van der Waals surface area contributed by atoms with Gasteiger partial charge >= 0.3 is 0 Å². The number of carbonyl (C=O) groups is 3. The third-order valence-corrected chi connectivity index (χ3v) is 5.50. The van der Waals surface area contributed by atoms with E-state index in [2.05, 4.69) is 10.6 Å². The normalized spacial score (nSPS) is 20.5. The van der Waals surface area contributed by atoms with Crippen LogP contribution in [-0.4, -0.2) is 35.0 Å². The molecule has 7 nitrogen and oxygen atoms in total. The number of amides is 3. The fourth-order valence-corrected chi connectivity index (χ4v) is 3.76. The fraction of sp³-hybridized carbons (Fsp3) is 0.286. The highest BCUT2D eigenvalue weighted by Gasteiger charge is 2.51. The summed E-state index contributed by atoms with van der Waals surface area (Å²) in [5.41, 5.74) is -1.07. The van der Waals surface area contributed by atoms with Crippen molar-refractivity contribution in [2.75, 3.05) is 16.8 Å². The van der Waals surface area contributed by atoms with Crippen LogP contribution in [0.4, 0.5) is 24.5 Å². The summed E-state index contributed by atoms with van der Waals surface area (Å²) in [5.74, 6) is -5.55. The van der Waals surface area contributed by atoms with Gasteiger partial charge in [-0.15, -0.1) is 0 Å². The molecule has 2 aromatic carbocycles. The summed E-state index contributed by atoms with van der Waals surface area (Å²) in [5, 5.41) is 15.6. The van der Waals surface area contributed by atoms with Crippen molar-refractivity contribution in [3.63, 3.8) is 0 Å². The lowest BCUT2D eigenvalue weighted by molar-refractivity contribution is -0.149. The summed E-state index contributed by atoms with van der Waals surface area (Å²) in [7, 11) is 0. The highest BCUT2D eigenvalue weighted by Crippen LogP contribution is 2.33. The zero-order valence-corrected chi connectivity index (χ0v) is 16.2. The van der Waals surface area contributed by atoms with Crippen molar-refractivity contribution in [3.05, 3.63) is 58.9 Å². The first kappa shape index (κ1) is 20.9. The van der Waals surface area contributed by atoms with E-state index in [9.17, 15) is 32.7 Å². The molecule has 1 atom stereocenters. The number of hydrogen-bond donors (Lipinski definition) is 3. The van der Waals surface area contributed by atoms with Crippen LogP contribution in [0, 0.1) is 17.5 Å². The third kappa shape index (κ3) is 3.74. The molecule has 1 fully saturated rings. The molecule has 2 aliphatic heterocycles. The topological polar surface area (TPSA) is 98.7 Å². The summed E-state index contributed by atoms with van der Waals surface area (Å²) in [6.07, 6.45) is 0.587. The average molecular weight is 433 g/mol. The van der Waals surface area contributed by atoms with E-state index in [0.717, 1.165) is 5.56 Å². The molecule has 0 spiro atoms. The minimum atomic E-state index is -2.41. The van der Waals surface area contributed by atoms with E-state index in [1.54, 1.807) is 18.2 Å². The Bertz CT molecular complexity index is 1080. The Labute approximate surface area is 174 Å². The summed E-state index contributed by atoms with van der Waals surface area (Å²) in [6, 6.07) is 5.89. The maximum atomic E-state index is 13.8. The second-order valence-electron chi connectivity index (χ2n) is 7.49. The first-order valence-corrected chi connectivity index (χ1v) is 9.58. The van der Waals surface area contributed by atoms with Crippen molar-refractivity contribution in [2.45, 2.75) is 31.4 Å². The van der Waals surface area contributed by atoms with Gasteiger partial charge in [0, 0.05) is 55.0 Å². The zero-order valence-electron chi connectivity index (χ0n) is 16.2. The molecule has 0 saturated carbocycles. The first-order chi connectivity index (χ1) is 14.7. The highest BCUT2D eigenvalue weighted by atomic mass is 19.1. The van der Waals surface area contributed by atoms with Crippen LogP contribution >= 0.6 is 0 Å². The molecule has 3 amide bonds. The Morgan fingerprint density at radius 2 is 1.84 bits per heavy atom. The smallest absolute Gasteiger partial charge is 0.268 e. The molecular formula is C21H18F3N3O4. The Morgan fingerprint density at radius 3 is 2.55 bits per heavy atom. The molecule has 4 rings (SSSR count). The zero-order chi connectivity index (χ0) is 22.3. The molecule has 0 radical (unpaired) electrons. The molecule has 0 aromatic heterocycles. The van der Waals surface area contributed by atoms with Crippen molar-refractivity contribution in [3.8, 4) is 0 Å². The SMILES string of the molecule is O=C1CCc2cc(N3CC[C@](O)(C(=O)NCc4c(F)cc(F)cc4F)C3=O)ccc2N1. The number of aliphatic hydroxyl groups is 1. The Balaban J connectivity index is 1.49. The predicted octanol–water partition coefficient (Wildman–Crippen LogP) is 1.77. The molecule has 2 aliphatic rings. The van der Waals surface area contributed by atoms with E-state index in [1.807, 2.05) is 0 Å². The largest absolute Gasteiger partial charge is 0.372 e. The van der Waals surface area contributed by atoms with Gasteiger partial charge in [0.05, 0.1) is 0 Å². The summed E-state index contributed by atoms with van der Waals surface area (Å²) in [6.45, 7) is -0.613. The maximum absolute atomic E-state index is 13.8. The number of anilines is 2. The van der Waals surface area contributed by atoms with Gasteiger partial charge in [0.15, 0.2) is 0 Å². The van der Waals surface area contributed by atoms with Crippen molar-refractivity contribution in [2.24, 2.45) is 0 Å². The van der Waals surface area contributed by atoms with Gasteiger partial charge in [-0.3, -0.25) is 14.4 Å². The van der Waals surface area contributed by atoms with Gasteiger partial charge in [0.1, 0.15) is 17.5 Å². The predicted molar refractivity (Wildman–Crippen MR) is 103 cm³/mol. The fourth-order valence-electron chi connectivity index (χ4n) is 3.76. The molecule has 0 unspecified atom stereocenters. The summed E-state index contributed by atoms with van der Waals surface area (Å²) < 4.78 is 40.5. The van der Waals surface area contributed by atoms with Crippen LogP contribution in [0.15, 0.2) is 30.3 Å². The van der Waals surface area contributed by atoms with Crippen molar-refractivity contribution >= 4 is 29.1 Å². The molecule has 162 valence electrons. The van der Waals surface area contributed by atoms with Gasteiger partial charge in [-0.2, -0.15) is 0 Å². The molecule has 2 aromatic rings. The molecular weight excluding hydrogens is 415 g/mol. The Morgan fingerprint density at radius 1 is 1.13 bits per heavy atom. The van der Waals surface area contributed by atoms with Crippen LogP contribution in [0.3, 0.4) is 0 Å². The number of halogens is 3.